The second-order valence-corrected chi connectivity index (χ2v) is 5.91. The molecule has 0 aliphatic heterocycles. The average molecular weight is 293 g/mol. The summed E-state index contributed by atoms with van der Waals surface area (Å²) in [4.78, 5) is 3.23. The van der Waals surface area contributed by atoms with Gasteiger partial charge >= 0.3 is 0 Å². The van der Waals surface area contributed by atoms with E-state index < -0.39 is 0 Å². The molecule has 2 heteroatoms. The highest BCUT2D eigenvalue weighted by Gasteiger charge is 2.18. The fraction of sp³-hybridized carbons (Fsp3) is 0.300. The molecule has 22 heavy (non-hydrogen) atoms. The van der Waals surface area contributed by atoms with Crippen molar-refractivity contribution in [1.29, 1.82) is 0 Å². The summed E-state index contributed by atoms with van der Waals surface area (Å²) in [7, 11) is 0. The highest BCUT2D eigenvalue weighted by molar-refractivity contribution is 5.67. The van der Waals surface area contributed by atoms with Gasteiger partial charge in [0.1, 0.15) is 11.9 Å². The zero-order chi connectivity index (χ0) is 15.4. The lowest BCUT2D eigenvalue weighted by molar-refractivity contribution is 0.110. The van der Waals surface area contributed by atoms with E-state index in [1.54, 1.807) is 0 Å². The molecule has 2 aliphatic rings. The number of aromatic nitrogens is 1. The maximum atomic E-state index is 6.22. The van der Waals surface area contributed by atoms with Crippen LogP contribution in [0.1, 0.15) is 37.9 Å². The van der Waals surface area contributed by atoms with Crippen LogP contribution in [0, 0.1) is 5.92 Å². The zero-order valence-electron chi connectivity index (χ0n) is 13.3. The first-order valence-corrected chi connectivity index (χ1v) is 8.01. The Balaban J connectivity index is 1.74. The number of hydrogen-bond acceptors (Lipinski definition) is 1. The van der Waals surface area contributed by atoms with Crippen molar-refractivity contribution in [3.05, 3.63) is 71.3 Å². The molecule has 2 unspecified atom stereocenters. The van der Waals surface area contributed by atoms with E-state index in [1.807, 2.05) is 24.4 Å². The molecule has 0 saturated carbocycles. The third-order valence-corrected chi connectivity index (χ3v) is 4.32. The molecule has 0 saturated heterocycles. The SMILES string of the molecule is CC(OC1=Cc2cc[nH]c2/C=C\C=C1)C(C)C1=CCCC=C1. The van der Waals surface area contributed by atoms with Gasteiger partial charge in [-0.15, -0.1) is 0 Å². The van der Waals surface area contributed by atoms with Gasteiger partial charge in [0.05, 0.1) is 0 Å². The van der Waals surface area contributed by atoms with E-state index in [-0.39, 0.29) is 6.10 Å². The second kappa shape index (κ2) is 6.69. The molecule has 114 valence electrons. The van der Waals surface area contributed by atoms with Crippen molar-refractivity contribution in [1.82, 2.24) is 4.98 Å². The number of hydrogen-bond donors (Lipinski definition) is 1. The molecule has 2 aliphatic carbocycles. The Labute approximate surface area is 132 Å². The van der Waals surface area contributed by atoms with Crippen molar-refractivity contribution in [2.45, 2.75) is 32.8 Å². The van der Waals surface area contributed by atoms with Crippen LogP contribution in [0.15, 0.2) is 60.1 Å². The Bertz CT molecular complexity index is 670. The van der Waals surface area contributed by atoms with E-state index >= 15 is 0 Å². The summed E-state index contributed by atoms with van der Waals surface area (Å²) in [6.45, 7) is 4.39. The van der Waals surface area contributed by atoms with Gasteiger partial charge < -0.3 is 9.72 Å². The minimum atomic E-state index is 0.135. The lowest BCUT2D eigenvalue weighted by Gasteiger charge is -2.24. The minimum absolute atomic E-state index is 0.135. The van der Waals surface area contributed by atoms with Crippen LogP contribution in [-0.4, -0.2) is 11.1 Å². The Morgan fingerprint density at radius 3 is 2.77 bits per heavy atom. The number of H-pyrrole nitrogens is 1. The molecule has 0 fully saturated rings. The van der Waals surface area contributed by atoms with Crippen molar-refractivity contribution in [2.24, 2.45) is 5.92 Å². The molecule has 1 aromatic rings. The van der Waals surface area contributed by atoms with Crippen LogP contribution < -0.4 is 0 Å². The molecule has 2 nitrogen and oxygen atoms in total. The molecule has 1 aromatic heterocycles. The van der Waals surface area contributed by atoms with Gasteiger partial charge in [0.15, 0.2) is 0 Å². The number of allylic oxidation sites excluding steroid dienone is 6. The van der Waals surface area contributed by atoms with Gasteiger partial charge in [-0.1, -0.05) is 37.3 Å². The molecule has 2 atom stereocenters. The maximum absolute atomic E-state index is 6.22. The molecule has 0 bridgehead atoms. The average Bonchev–Trinajstić information content (AvgIpc) is 2.95. The Kier molecular flexibility index (Phi) is 4.47. The molecule has 3 rings (SSSR count). The minimum Gasteiger partial charge on any atom is -0.490 e. The summed E-state index contributed by atoms with van der Waals surface area (Å²) >= 11 is 0. The predicted octanol–water partition coefficient (Wildman–Crippen LogP) is 5.26. The van der Waals surface area contributed by atoms with E-state index in [4.69, 9.17) is 4.74 Å². The summed E-state index contributed by atoms with van der Waals surface area (Å²) < 4.78 is 6.22. The van der Waals surface area contributed by atoms with E-state index in [0.717, 1.165) is 29.9 Å². The summed E-state index contributed by atoms with van der Waals surface area (Å²) in [5.74, 6) is 1.29. The lowest BCUT2D eigenvalue weighted by Crippen LogP contribution is -2.19. The number of ether oxygens (including phenoxy) is 1. The van der Waals surface area contributed by atoms with E-state index in [9.17, 15) is 0 Å². The van der Waals surface area contributed by atoms with Gasteiger partial charge in [0.25, 0.3) is 0 Å². The van der Waals surface area contributed by atoms with Gasteiger partial charge in [0, 0.05) is 23.4 Å². The fourth-order valence-electron chi connectivity index (χ4n) is 2.80. The Morgan fingerprint density at radius 2 is 1.95 bits per heavy atom. The first-order valence-electron chi connectivity index (χ1n) is 8.01. The van der Waals surface area contributed by atoms with Crippen LogP contribution >= 0.6 is 0 Å². The van der Waals surface area contributed by atoms with Crippen molar-refractivity contribution in [3.63, 3.8) is 0 Å². The summed E-state index contributed by atoms with van der Waals surface area (Å²) in [5.41, 5.74) is 3.66. The van der Waals surface area contributed by atoms with Crippen LogP contribution in [0.5, 0.6) is 0 Å². The van der Waals surface area contributed by atoms with Gasteiger partial charge in [-0.05, 0) is 49.6 Å². The van der Waals surface area contributed by atoms with E-state index in [0.29, 0.717) is 5.92 Å². The van der Waals surface area contributed by atoms with Gasteiger partial charge in [-0.3, -0.25) is 0 Å². The third-order valence-electron chi connectivity index (χ3n) is 4.32. The van der Waals surface area contributed by atoms with Crippen LogP contribution in [0.3, 0.4) is 0 Å². The molecule has 1 heterocycles. The van der Waals surface area contributed by atoms with Gasteiger partial charge in [0.2, 0.25) is 0 Å². The quantitative estimate of drug-likeness (QED) is 0.805. The van der Waals surface area contributed by atoms with Gasteiger partial charge in [-0.2, -0.15) is 0 Å². The zero-order valence-corrected chi connectivity index (χ0v) is 13.3. The first kappa shape index (κ1) is 14.7. The summed E-state index contributed by atoms with van der Waals surface area (Å²) in [5, 5.41) is 0. The molecule has 0 amide bonds. The van der Waals surface area contributed by atoms with Gasteiger partial charge in [-0.25, -0.2) is 0 Å². The second-order valence-electron chi connectivity index (χ2n) is 5.91. The number of fused-ring (bicyclic) bond motifs is 1. The topological polar surface area (TPSA) is 25.0 Å². The van der Waals surface area contributed by atoms with Crippen LogP contribution in [0.25, 0.3) is 12.2 Å². The van der Waals surface area contributed by atoms with Crippen LogP contribution in [0.2, 0.25) is 0 Å². The Morgan fingerprint density at radius 1 is 1.09 bits per heavy atom. The molecule has 1 N–H and O–H groups in total. The standard InChI is InChI=1S/C20H23NO/c1-15(17-8-4-3-5-9-17)16(2)22-19-10-6-7-11-20-18(14-19)12-13-21-20/h4,6-16,21H,3,5H2,1-2H3/b7-6?,10-6?,11-7-,18-14?,19-10?,19-14?,20-11?. The third kappa shape index (κ3) is 3.33. The summed E-state index contributed by atoms with van der Waals surface area (Å²) in [6, 6.07) is 2.07. The molecular weight excluding hydrogens is 270 g/mol. The number of rotatable bonds is 4. The highest BCUT2D eigenvalue weighted by Crippen LogP contribution is 2.26. The van der Waals surface area contributed by atoms with Crippen molar-refractivity contribution in [3.8, 4) is 0 Å². The fourth-order valence-corrected chi connectivity index (χ4v) is 2.80. The van der Waals surface area contributed by atoms with Crippen molar-refractivity contribution >= 4 is 12.2 Å². The maximum Gasteiger partial charge on any atom is 0.120 e. The van der Waals surface area contributed by atoms with Crippen molar-refractivity contribution in [2.75, 3.05) is 0 Å². The monoisotopic (exact) mass is 293 g/mol. The first-order chi connectivity index (χ1) is 10.7. The molecular formula is C20H23NO. The molecule has 0 spiro atoms. The summed E-state index contributed by atoms with van der Waals surface area (Å²) in [6.07, 6.45) is 21.5. The number of aromatic amines is 1. The van der Waals surface area contributed by atoms with E-state index in [1.165, 1.54) is 5.57 Å². The molecule has 0 aromatic carbocycles. The molecule has 0 radical (unpaired) electrons. The largest absolute Gasteiger partial charge is 0.490 e. The Hall–Kier alpha value is -2.22. The normalized spacial score (nSPS) is 21.0. The van der Waals surface area contributed by atoms with Crippen molar-refractivity contribution < 1.29 is 4.74 Å². The van der Waals surface area contributed by atoms with Crippen LogP contribution in [0.4, 0.5) is 0 Å². The van der Waals surface area contributed by atoms with Crippen LogP contribution in [-0.2, 0) is 4.74 Å². The van der Waals surface area contributed by atoms with E-state index in [2.05, 4.69) is 55.3 Å². The smallest absolute Gasteiger partial charge is 0.120 e. The lowest BCUT2D eigenvalue weighted by atomic mass is 9.92. The predicted molar refractivity (Wildman–Crippen MR) is 93.1 cm³/mol. The highest BCUT2D eigenvalue weighted by atomic mass is 16.5. The number of nitrogens with one attached hydrogen (secondary N) is 1.